The van der Waals surface area contributed by atoms with Crippen LogP contribution in [0.1, 0.15) is 15.2 Å². The molecule has 3 aromatic rings. The average Bonchev–Trinajstić information content (AvgIpc) is 2.98. The Balaban J connectivity index is 1.87. The maximum absolute atomic E-state index is 12.3. The Kier molecular flexibility index (Phi) is 4.16. The fraction of sp³-hybridized carbons (Fsp3) is 0. The SMILES string of the molecule is N#Cc1ccc(NC(=O)c2cc3cc([N+](=O)[O-])ccc3s2)cc1Cl. The van der Waals surface area contributed by atoms with Crippen molar-refractivity contribution >= 4 is 50.3 Å². The molecule has 0 aliphatic carbocycles. The number of thiophene rings is 1. The molecule has 8 heteroatoms. The van der Waals surface area contributed by atoms with Crippen LogP contribution < -0.4 is 5.32 Å². The zero-order valence-electron chi connectivity index (χ0n) is 11.9. The smallest absolute Gasteiger partial charge is 0.270 e. The van der Waals surface area contributed by atoms with Gasteiger partial charge in [0.25, 0.3) is 11.6 Å². The van der Waals surface area contributed by atoms with Gasteiger partial charge in [-0.3, -0.25) is 14.9 Å². The molecule has 0 atom stereocenters. The molecule has 0 aliphatic heterocycles. The second-order valence-corrected chi connectivity index (χ2v) is 6.34. The number of carbonyl (C=O) groups excluding carboxylic acids is 1. The molecule has 0 spiro atoms. The van der Waals surface area contributed by atoms with Gasteiger partial charge in [0.2, 0.25) is 0 Å². The van der Waals surface area contributed by atoms with Crippen LogP contribution in [0.15, 0.2) is 42.5 Å². The molecule has 0 saturated heterocycles. The maximum atomic E-state index is 12.3. The third-order valence-electron chi connectivity index (χ3n) is 3.28. The summed E-state index contributed by atoms with van der Waals surface area (Å²) in [7, 11) is 0. The number of nitrogens with one attached hydrogen (secondary N) is 1. The summed E-state index contributed by atoms with van der Waals surface area (Å²) in [6.45, 7) is 0. The second-order valence-electron chi connectivity index (χ2n) is 4.85. The average molecular weight is 358 g/mol. The second kappa shape index (κ2) is 6.28. The standard InChI is InChI=1S/C16H8ClN3O3S/c17-13-7-11(2-1-9(13)8-18)19-16(21)15-6-10-5-12(20(22)23)3-4-14(10)24-15/h1-7H,(H,19,21). The molecule has 6 nitrogen and oxygen atoms in total. The molecule has 118 valence electrons. The molecule has 0 radical (unpaired) electrons. The fourth-order valence-electron chi connectivity index (χ4n) is 2.13. The van der Waals surface area contributed by atoms with Crippen LogP contribution in [0.25, 0.3) is 10.1 Å². The lowest BCUT2D eigenvalue weighted by Crippen LogP contribution is -2.10. The Morgan fingerprint density at radius 3 is 2.71 bits per heavy atom. The lowest BCUT2D eigenvalue weighted by Gasteiger charge is -2.04. The van der Waals surface area contributed by atoms with Crippen LogP contribution in [0, 0.1) is 21.4 Å². The summed E-state index contributed by atoms with van der Waals surface area (Å²) in [6.07, 6.45) is 0. The Morgan fingerprint density at radius 1 is 1.25 bits per heavy atom. The summed E-state index contributed by atoms with van der Waals surface area (Å²) in [5, 5.41) is 23.2. The van der Waals surface area contributed by atoms with Crippen molar-refractivity contribution in [2.24, 2.45) is 0 Å². The minimum Gasteiger partial charge on any atom is -0.321 e. The summed E-state index contributed by atoms with van der Waals surface area (Å²) >= 11 is 7.17. The van der Waals surface area contributed by atoms with Gasteiger partial charge in [-0.05, 0) is 30.3 Å². The van der Waals surface area contributed by atoms with Crippen molar-refractivity contribution < 1.29 is 9.72 Å². The Bertz CT molecular complexity index is 1020. The number of carbonyl (C=O) groups is 1. The normalized spacial score (nSPS) is 10.3. The van der Waals surface area contributed by atoms with E-state index < -0.39 is 4.92 Å². The topological polar surface area (TPSA) is 96.0 Å². The number of fused-ring (bicyclic) bond motifs is 1. The van der Waals surface area contributed by atoms with Crippen LogP contribution in [-0.4, -0.2) is 10.8 Å². The summed E-state index contributed by atoms with van der Waals surface area (Å²) in [6, 6.07) is 12.6. The number of nitriles is 1. The molecule has 1 heterocycles. The van der Waals surface area contributed by atoms with Crippen molar-refractivity contribution in [3.63, 3.8) is 0 Å². The lowest BCUT2D eigenvalue weighted by molar-refractivity contribution is -0.384. The van der Waals surface area contributed by atoms with E-state index in [0.29, 0.717) is 21.5 Å². The monoisotopic (exact) mass is 357 g/mol. The van der Waals surface area contributed by atoms with E-state index in [-0.39, 0.29) is 16.6 Å². The summed E-state index contributed by atoms with van der Waals surface area (Å²) < 4.78 is 0.781. The number of non-ortho nitro benzene ring substituents is 1. The van der Waals surface area contributed by atoms with Gasteiger partial charge in [-0.25, -0.2) is 0 Å². The molecule has 0 unspecified atom stereocenters. The first kappa shape index (κ1) is 15.9. The molecule has 0 bridgehead atoms. The van der Waals surface area contributed by atoms with Crippen LogP contribution in [0.2, 0.25) is 5.02 Å². The highest BCUT2D eigenvalue weighted by Crippen LogP contribution is 2.29. The molecule has 24 heavy (non-hydrogen) atoms. The van der Waals surface area contributed by atoms with E-state index in [0.717, 1.165) is 4.70 Å². The quantitative estimate of drug-likeness (QED) is 0.547. The van der Waals surface area contributed by atoms with Gasteiger partial charge in [-0.2, -0.15) is 5.26 Å². The van der Waals surface area contributed by atoms with Crippen molar-refractivity contribution in [3.8, 4) is 6.07 Å². The molecular weight excluding hydrogens is 350 g/mol. The molecule has 1 amide bonds. The molecule has 0 saturated carbocycles. The highest BCUT2D eigenvalue weighted by atomic mass is 35.5. The molecule has 0 fully saturated rings. The number of nitro benzene ring substituents is 1. The van der Waals surface area contributed by atoms with Gasteiger partial charge in [0.05, 0.1) is 20.4 Å². The predicted molar refractivity (Wildman–Crippen MR) is 92.6 cm³/mol. The minimum absolute atomic E-state index is 0.0221. The first-order valence-electron chi connectivity index (χ1n) is 6.67. The van der Waals surface area contributed by atoms with Gasteiger partial charge in [-0.1, -0.05) is 11.6 Å². The minimum atomic E-state index is -0.477. The molecule has 3 rings (SSSR count). The summed E-state index contributed by atoms with van der Waals surface area (Å²) in [4.78, 5) is 23.1. The van der Waals surface area contributed by atoms with E-state index in [4.69, 9.17) is 16.9 Å². The van der Waals surface area contributed by atoms with Crippen molar-refractivity contribution in [3.05, 3.63) is 68.0 Å². The maximum Gasteiger partial charge on any atom is 0.270 e. The number of benzene rings is 2. The van der Waals surface area contributed by atoms with Gasteiger partial charge in [0, 0.05) is 27.9 Å². The molecule has 0 aliphatic rings. The van der Waals surface area contributed by atoms with E-state index in [1.165, 1.54) is 35.6 Å². The number of hydrogen-bond donors (Lipinski definition) is 1. The van der Waals surface area contributed by atoms with Gasteiger partial charge in [-0.15, -0.1) is 11.3 Å². The first-order valence-corrected chi connectivity index (χ1v) is 7.86. The number of amides is 1. The number of halogens is 1. The molecular formula is C16H8ClN3O3S. The largest absolute Gasteiger partial charge is 0.321 e. The Hall–Kier alpha value is -2.95. The lowest BCUT2D eigenvalue weighted by atomic mass is 10.2. The third-order valence-corrected chi connectivity index (χ3v) is 4.71. The third kappa shape index (κ3) is 3.06. The number of anilines is 1. The first-order chi connectivity index (χ1) is 11.5. The summed E-state index contributed by atoms with van der Waals surface area (Å²) in [5.74, 6) is -0.348. The van der Waals surface area contributed by atoms with Crippen LogP contribution >= 0.6 is 22.9 Å². The van der Waals surface area contributed by atoms with E-state index in [9.17, 15) is 14.9 Å². The molecule has 2 aromatic carbocycles. The number of rotatable bonds is 3. The van der Waals surface area contributed by atoms with Gasteiger partial charge < -0.3 is 5.32 Å². The number of hydrogen-bond acceptors (Lipinski definition) is 5. The van der Waals surface area contributed by atoms with Gasteiger partial charge >= 0.3 is 0 Å². The van der Waals surface area contributed by atoms with Crippen LogP contribution in [0.3, 0.4) is 0 Å². The van der Waals surface area contributed by atoms with Crippen LogP contribution in [0.4, 0.5) is 11.4 Å². The Morgan fingerprint density at radius 2 is 2.04 bits per heavy atom. The fourth-order valence-corrected chi connectivity index (χ4v) is 3.29. The number of nitro groups is 1. The summed E-state index contributed by atoms with van der Waals surface area (Å²) in [5.41, 5.74) is 0.766. The van der Waals surface area contributed by atoms with Crippen molar-refractivity contribution in [1.29, 1.82) is 5.26 Å². The molecule has 1 N–H and O–H groups in total. The van der Waals surface area contributed by atoms with Crippen LogP contribution in [0.5, 0.6) is 0 Å². The van der Waals surface area contributed by atoms with Crippen LogP contribution in [-0.2, 0) is 0 Å². The zero-order chi connectivity index (χ0) is 17.3. The number of nitrogens with zero attached hydrogens (tertiary/aromatic N) is 2. The van der Waals surface area contributed by atoms with E-state index >= 15 is 0 Å². The zero-order valence-corrected chi connectivity index (χ0v) is 13.5. The van der Waals surface area contributed by atoms with Crippen molar-refractivity contribution in [2.45, 2.75) is 0 Å². The Labute approximate surface area is 145 Å². The van der Waals surface area contributed by atoms with Gasteiger partial charge in [0.15, 0.2) is 0 Å². The highest BCUT2D eigenvalue weighted by Gasteiger charge is 2.14. The highest BCUT2D eigenvalue weighted by molar-refractivity contribution is 7.20. The van der Waals surface area contributed by atoms with E-state index in [2.05, 4.69) is 5.32 Å². The van der Waals surface area contributed by atoms with E-state index in [1.807, 2.05) is 6.07 Å². The predicted octanol–water partition coefficient (Wildman–Crippen LogP) is 4.59. The van der Waals surface area contributed by atoms with Crippen molar-refractivity contribution in [1.82, 2.24) is 0 Å². The molecule has 1 aromatic heterocycles. The van der Waals surface area contributed by atoms with Crippen molar-refractivity contribution in [2.75, 3.05) is 5.32 Å². The van der Waals surface area contributed by atoms with E-state index in [1.54, 1.807) is 18.2 Å². The van der Waals surface area contributed by atoms with Gasteiger partial charge in [0.1, 0.15) is 6.07 Å².